The van der Waals surface area contributed by atoms with Crippen LogP contribution in [0.5, 0.6) is 0 Å². The summed E-state index contributed by atoms with van der Waals surface area (Å²) in [5.41, 5.74) is 0. The van der Waals surface area contributed by atoms with Gasteiger partial charge in [-0.2, -0.15) is 0 Å². The monoisotopic (exact) mass is 506 g/mol. The highest BCUT2D eigenvalue weighted by Gasteiger charge is 2.36. The average molecular weight is 507 g/mol. The number of ether oxygens (including phenoxy) is 2. The molecule has 208 valence electrons. The van der Waals surface area contributed by atoms with Crippen molar-refractivity contribution in [1.29, 1.82) is 0 Å². The van der Waals surface area contributed by atoms with Gasteiger partial charge in [-0.25, -0.2) is 0 Å². The van der Waals surface area contributed by atoms with Crippen molar-refractivity contribution in [3.8, 4) is 0 Å². The number of likely N-dealkylation sites (tertiary alicyclic amines) is 1. The van der Waals surface area contributed by atoms with Crippen LogP contribution in [0.15, 0.2) is 0 Å². The van der Waals surface area contributed by atoms with Gasteiger partial charge in [0, 0.05) is 29.1 Å². The first-order valence-corrected chi connectivity index (χ1v) is 12.4. The van der Waals surface area contributed by atoms with Crippen molar-refractivity contribution in [2.75, 3.05) is 39.5 Å². The Morgan fingerprint density at radius 1 is 0.971 bits per heavy atom. The van der Waals surface area contributed by atoms with Crippen LogP contribution < -0.4 is 16.0 Å². The normalized spacial score (nSPS) is 16.0. The molecule has 1 unspecified atom stereocenters. The second kappa shape index (κ2) is 18.8. The lowest BCUT2D eigenvalue weighted by molar-refractivity contribution is -0.140. The zero-order chi connectivity index (χ0) is 26.8. The van der Waals surface area contributed by atoms with Gasteiger partial charge in [0.15, 0.2) is 0 Å². The maximum absolute atomic E-state index is 12.0. The lowest BCUT2D eigenvalue weighted by Crippen LogP contribution is -2.49. The van der Waals surface area contributed by atoms with Crippen LogP contribution in [0.1, 0.15) is 71.5 Å². The summed E-state index contributed by atoms with van der Waals surface area (Å²) in [6.07, 6.45) is 2.25. The third-order valence-corrected chi connectivity index (χ3v) is 4.78. The van der Waals surface area contributed by atoms with Gasteiger partial charge < -0.3 is 25.4 Å². The second-order valence-electron chi connectivity index (χ2n) is 8.60. The number of hydrogen-bond acceptors (Lipinski definition) is 7. The highest BCUT2D eigenvalue weighted by atomic mass is 16.5. The molecule has 2 atom stereocenters. The van der Waals surface area contributed by atoms with Gasteiger partial charge in [-0.05, 0) is 27.2 Å². The van der Waals surface area contributed by atoms with Gasteiger partial charge in [0.1, 0.15) is 6.04 Å². The third-order valence-electron chi connectivity index (χ3n) is 4.78. The Kier molecular flexibility index (Phi) is 17.4. The maximum atomic E-state index is 12.0. The van der Waals surface area contributed by atoms with Crippen molar-refractivity contribution < 1.29 is 37.7 Å². The molecule has 35 heavy (non-hydrogen) atoms. The summed E-state index contributed by atoms with van der Waals surface area (Å²) in [4.78, 5) is 60.3. The molecule has 1 aliphatic heterocycles. The fourth-order valence-corrected chi connectivity index (χ4v) is 2.98. The fraction of sp³-hybridized carbons (Fsp3) is 0.792. The highest BCUT2D eigenvalue weighted by molar-refractivity contribution is 6.03. The van der Waals surface area contributed by atoms with Crippen LogP contribution in [0.25, 0.3) is 0 Å². The van der Waals surface area contributed by atoms with Crippen LogP contribution in [-0.2, 0) is 33.4 Å². The molecule has 0 aromatic heterocycles. The van der Waals surface area contributed by atoms with E-state index in [2.05, 4.69) is 29.8 Å². The van der Waals surface area contributed by atoms with E-state index in [1.54, 1.807) is 6.92 Å². The predicted molar refractivity (Wildman–Crippen MR) is 138 cm³/mol. The van der Waals surface area contributed by atoms with Crippen LogP contribution >= 0.6 is 0 Å². The van der Waals surface area contributed by atoms with Gasteiger partial charge in [-0.3, -0.25) is 28.9 Å². The minimum atomic E-state index is -0.695. The smallest absolute Gasteiger partial charge is 0.242 e. The number of carbonyl (C=O) groups excluding carboxylic acids is 5. The molecule has 1 aliphatic rings. The molecule has 5 amide bonds. The van der Waals surface area contributed by atoms with Gasteiger partial charge >= 0.3 is 0 Å². The van der Waals surface area contributed by atoms with E-state index in [1.165, 1.54) is 11.3 Å². The highest BCUT2D eigenvalue weighted by Crippen LogP contribution is 2.21. The van der Waals surface area contributed by atoms with Gasteiger partial charge in [-0.15, -0.1) is 0 Å². The van der Waals surface area contributed by atoms with Crippen molar-refractivity contribution in [2.24, 2.45) is 5.92 Å². The zero-order valence-corrected chi connectivity index (χ0v) is 22.1. The molecule has 0 bridgehead atoms. The van der Waals surface area contributed by atoms with Crippen molar-refractivity contribution in [3.05, 3.63) is 0 Å². The molecule has 0 aliphatic carbocycles. The van der Waals surface area contributed by atoms with E-state index in [4.69, 9.17) is 9.47 Å². The summed E-state index contributed by atoms with van der Waals surface area (Å²) in [7, 11) is 0. The molecule has 1 saturated heterocycles. The van der Waals surface area contributed by atoms with Crippen LogP contribution in [0.3, 0.4) is 0 Å². The SMILES string of the molecule is CCC.CCC1CC(=O)N(CCOCCOCCC(=O)NCC(=O)N[C@@H](C)C(=O)NC(C)C)C1=O.[HH].[HH].[HH]. The summed E-state index contributed by atoms with van der Waals surface area (Å²) in [6.45, 7) is 12.3. The van der Waals surface area contributed by atoms with E-state index in [1.807, 2.05) is 20.8 Å². The topological polar surface area (TPSA) is 143 Å². The van der Waals surface area contributed by atoms with E-state index >= 15 is 0 Å². The van der Waals surface area contributed by atoms with Gasteiger partial charge in [0.2, 0.25) is 29.5 Å². The molecule has 3 N–H and O–H groups in total. The molecule has 0 saturated carbocycles. The molecule has 11 nitrogen and oxygen atoms in total. The summed E-state index contributed by atoms with van der Waals surface area (Å²) < 4.78 is 10.7. The number of rotatable bonds is 15. The predicted octanol–water partition coefficient (Wildman–Crippen LogP) is 1.49. The van der Waals surface area contributed by atoms with E-state index < -0.39 is 11.9 Å². The fourth-order valence-electron chi connectivity index (χ4n) is 2.98. The Hall–Kier alpha value is -2.53. The van der Waals surface area contributed by atoms with Gasteiger partial charge in [0.05, 0.1) is 39.5 Å². The number of imide groups is 1. The molecule has 0 aromatic carbocycles. The quantitative estimate of drug-likeness (QED) is 0.226. The van der Waals surface area contributed by atoms with Crippen LogP contribution in [0.4, 0.5) is 0 Å². The van der Waals surface area contributed by atoms with Gasteiger partial charge in [-0.1, -0.05) is 27.2 Å². The first kappa shape index (κ1) is 32.5. The molecule has 1 rings (SSSR count). The average Bonchev–Trinajstić information content (AvgIpc) is 3.06. The Bertz CT molecular complexity index is 700. The third kappa shape index (κ3) is 14.5. The van der Waals surface area contributed by atoms with E-state index in [0.29, 0.717) is 6.42 Å². The van der Waals surface area contributed by atoms with Crippen molar-refractivity contribution >= 4 is 29.5 Å². The molecular formula is C24H50N4O7. The lowest BCUT2D eigenvalue weighted by atomic mass is 10.1. The Morgan fingerprint density at radius 3 is 2.11 bits per heavy atom. The Labute approximate surface area is 213 Å². The summed E-state index contributed by atoms with van der Waals surface area (Å²) in [5, 5.41) is 7.66. The van der Waals surface area contributed by atoms with Crippen LogP contribution in [0, 0.1) is 5.92 Å². The van der Waals surface area contributed by atoms with Crippen molar-refractivity contribution in [1.82, 2.24) is 20.9 Å². The number of nitrogens with zero attached hydrogens (tertiary/aromatic N) is 1. The molecule has 11 heteroatoms. The summed E-state index contributed by atoms with van der Waals surface area (Å²) in [5.74, 6) is -1.61. The molecule has 1 heterocycles. The minimum Gasteiger partial charge on any atom is -0.379 e. The Morgan fingerprint density at radius 2 is 1.57 bits per heavy atom. The lowest BCUT2D eigenvalue weighted by Gasteiger charge is -2.16. The first-order chi connectivity index (χ1) is 16.6. The van der Waals surface area contributed by atoms with Crippen molar-refractivity contribution in [3.63, 3.8) is 0 Å². The van der Waals surface area contributed by atoms with Crippen LogP contribution in [-0.4, -0.2) is 86.0 Å². The summed E-state index contributed by atoms with van der Waals surface area (Å²) >= 11 is 0. The van der Waals surface area contributed by atoms with E-state index in [0.717, 1.165) is 0 Å². The van der Waals surface area contributed by atoms with Gasteiger partial charge in [0.25, 0.3) is 0 Å². The van der Waals surface area contributed by atoms with Crippen LogP contribution in [0.2, 0.25) is 0 Å². The largest absolute Gasteiger partial charge is 0.379 e. The molecular weight excluding hydrogens is 456 g/mol. The Balaban J connectivity index is -0.000000916. The number of nitrogens with one attached hydrogen (secondary N) is 3. The molecule has 0 aromatic rings. The van der Waals surface area contributed by atoms with E-state index in [-0.39, 0.29) is 92.2 Å². The van der Waals surface area contributed by atoms with Crippen molar-refractivity contribution in [2.45, 2.75) is 79.3 Å². The molecule has 0 radical (unpaired) electrons. The standard InChI is InChI=1S/C21H36N4O7.C3H8.3H2/c1-5-16-12-19(28)25(21(16)30)7-9-32-11-10-31-8-6-17(26)22-13-18(27)24-15(4)20(29)23-14(2)3;1-3-2;;;/h14-16H,5-13H2,1-4H3,(H,22,26)(H,23,29)(H,24,27);3H2,1-2H3;3*1H/t15-,16?;;;;/m0..../s1. The molecule has 0 spiro atoms. The zero-order valence-electron chi connectivity index (χ0n) is 22.1. The van der Waals surface area contributed by atoms with E-state index in [9.17, 15) is 24.0 Å². The number of carbonyl (C=O) groups is 5. The number of amides is 5. The second-order valence-corrected chi connectivity index (χ2v) is 8.60. The minimum absolute atomic E-state index is 0. The number of hydrogen-bond donors (Lipinski definition) is 3. The molecule has 1 fully saturated rings. The first-order valence-electron chi connectivity index (χ1n) is 12.4. The summed E-state index contributed by atoms with van der Waals surface area (Å²) in [6, 6.07) is -0.723. The maximum Gasteiger partial charge on any atom is 0.242 e.